The van der Waals surface area contributed by atoms with Gasteiger partial charge in [0.05, 0.1) is 18.7 Å². The van der Waals surface area contributed by atoms with Crippen LogP contribution in [0.4, 0.5) is 5.13 Å². The summed E-state index contributed by atoms with van der Waals surface area (Å²) >= 11 is 1.46. The summed E-state index contributed by atoms with van der Waals surface area (Å²) in [6.45, 7) is 3.95. The van der Waals surface area contributed by atoms with E-state index < -0.39 is 5.97 Å². The lowest BCUT2D eigenvalue weighted by Gasteiger charge is -2.10. The molecule has 1 heterocycles. The summed E-state index contributed by atoms with van der Waals surface area (Å²) in [5.41, 5.74) is 3.25. The van der Waals surface area contributed by atoms with Crippen molar-refractivity contribution in [3.63, 3.8) is 0 Å². The Hall–Kier alpha value is -2.41. The first-order valence-electron chi connectivity index (χ1n) is 8.63. The van der Waals surface area contributed by atoms with E-state index in [1.54, 1.807) is 0 Å². The highest BCUT2D eigenvalue weighted by molar-refractivity contribution is 7.15. The third kappa shape index (κ3) is 4.40. The maximum Gasteiger partial charge on any atom is 0.303 e. The van der Waals surface area contributed by atoms with E-state index in [0.29, 0.717) is 18.2 Å². The maximum absolute atomic E-state index is 11.1. The SMILES string of the molecule is CC(=O)Nc1nc(CCOc2ccc3c(c2)CCC3CC(=O)O)c(C)s1. The van der Waals surface area contributed by atoms with E-state index in [2.05, 4.69) is 10.3 Å². The van der Waals surface area contributed by atoms with Gasteiger partial charge < -0.3 is 15.2 Å². The quantitative estimate of drug-likeness (QED) is 0.774. The largest absolute Gasteiger partial charge is 0.493 e. The van der Waals surface area contributed by atoms with E-state index in [9.17, 15) is 9.59 Å². The van der Waals surface area contributed by atoms with Crippen LogP contribution < -0.4 is 10.1 Å². The molecular weight excluding hydrogens is 352 g/mol. The average Bonchev–Trinajstić information content (AvgIpc) is 3.10. The highest BCUT2D eigenvalue weighted by Crippen LogP contribution is 2.37. The first-order valence-corrected chi connectivity index (χ1v) is 9.45. The number of aromatic nitrogens is 1. The van der Waals surface area contributed by atoms with E-state index in [1.165, 1.54) is 23.8 Å². The first kappa shape index (κ1) is 18.4. The van der Waals surface area contributed by atoms with Gasteiger partial charge in [-0.25, -0.2) is 4.98 Å². The smallest absolute Gasteiger partial charge is 0.303 e. The lowest BCUT2D eigenvalue weighted by Crippen LogP contribution is -2.06. The lowest BCUT2D eigenvalue weighted by molar-refractivity contribution is -0.137. The van der Waals surface area contributed by atoms with Crippen molar-refractivity contribution in [3.05, 3.63) is 39.9 Å². The molecule has 1 aliphatic carbocycles. The predicted molar refractivity (Wildman–Crippen MR) is 100 cm³/mol. The number of rotatable bonds is 7. The van der Waals surface area contributed by atoms with Crippen LogP contribution in [0.15, 0.2) is 18.2 Å². The summed E-state index contributed by atoms with van der Waals surface area (Å²) in [6, 6.07) is 5.93. The second kappa shape index (κ2) is 7.86. The molecule has 0 aliphatic heterocycles. The number of amides is 1. The zero-order valence-corrected chi connectivity index (χ0v) is 15.7. The minimum Gasteiger partial charge on any atom is -0.493 e. The number of hydrogen-bond acceptors (Lipinski definition) is 5. The van der Waals surface area contributed by atoms with E-state index in [4.69, 9.17) is 9.84 Å². The number of aliphatic carboxylic acids is 1. The van der Waals surface area contributed by atoms with E-state index in [0.717, 1.165) is 34.7 Å². The molecule has 0 fully saturated rings. The topological polar surface area (TPSA) is 88.5 Å². The van der Waals surface area contributed by atoms with Crippen LogP contribution in [0.3, 0.4) is 0 Å². The zero-order chi connectivity index (χ0) is 18.7. The number of fused-ring (bicyclic) bond motifs is 1. The molecule has 0 bridgehead atoms. The summed E-state index contributed by atoms with van der Waals surface area (Å²) in [7, 11) is 0. The fraction of sp³-hybridized carbons (Fsp3) is 0.421. The van der Waals surface area contributed by atoms with Crippen molar-refractivity contribution in [2.24, 2.45) is 0 Å². The van der Waals surface area contributed by atoms with Crippen LogP contribution in [0.1, 0.15) is 47.4 Å². The van der Waals surface area contributed by atoms with Gasteiger partial charge in [0.1, 0.15) is 5.75 Å². The number of ether oxygens (including phenoxy) is 1. The van der Waals surface area contributed by atoms with Crippen LogP contribution in [0.5, 0.6) is 5.75 Å². The predicted octanol–water partition coefficient (Wildman–Crippen LogP) is 3.54. The molecule has 26 heavy (non-hydrogen) atoms. The van der Waals surface area contributed by atoms with Crippen molar-refractivity contribution < 1.29 is 19.4 Å². The van der Waals surface area contributed by atoms with Gasteiger partial charge in [0.15, 0.2) is 5.13 Å². The molecule has 2 aromatic rings. The summed E-state index contributed by atoms with van der Waals surface area (Å²) in [6.07, 6.45) is 2.64. The third-order valence-corrected chi connectivity index (χ3v) is 5.45. The Morgan fingerprint density at radius 3 is 2.96 bits per heavy atom. The van der Waals surface area contributed by atoms with E-state index in [-0.39, 0.29) is 18.2 Å². The number of thiazole rings is 1. The molecule has 1 aromatic carbocycles. The third-order valence-electron chi connectivity index (χ3n) is 4.52. The van der Waals surface area contributed by atoms with Crippen LogP contribution in [0.25, 0.3) is 0 Å². The van der Waals surface area contributed by atoms with Gasteiger partial charge in [-0.05, 0) is 48.9 Å². The van der Waals surface area contributed by atoms with Crippen LogP contribution >= 0.6 is 11.3 Å². The summed E-state index contributed by atoms with van der Waals surface area (Å²) < 4.78 is 5.86. The number of carbonyl (C=O) groups excluding carboxylic acids is 1. The number of carboxylic acid groups (broad SMARTS) is 1. The van der Waals surface area contributed by atoms with Gasteiger partial charge in [-0.15, -0.1) is 11.3 Å². The molecule has 0 radical (unpaired) electrons. The molecule has 1 atom stereocenters. The maximum atomic E-state index is 11.1. The number of hydrogen-bond donors (Lipinski definition) is 2. The Bertz CT molecular complexity index is 831. The Balaban J connectivity index is 1.57. The van der Waals surface area contributed by atoms with Crippen molar-refractivity contribution in [3.8, 4) is 5.75 Å². The number of nitrogens with one attached hydrogen (secondary N) is 1. The van der Waals surface area contributed by atoms with E-state index in [1.807, 2.05) is 25.1 Å². The standard InChI is InChI=1S/C19H22N2O4S/c1-11-17(21-19(26-11)20-12(2)22)7-8-25-15-5-6-16-13(9-15)3-4-14(16)10-18(23)24/h5-6,9,14H,3-4,7-8,10H2,1-2H3,(H,23,24)(H,20,21,22). The number of aryl methyl sites for hydroxylation is 2. The van der Waals surface area contributed by atoms with Gasteiger partial charge in [0, 0.05) is 18.2 Å². The molecule has 1 unspecified atom stereocenters. The molecule has 0 saturated carbocycles. The molecule has 2 N–H and O–H groups in total. The monoisotopic (exact) mass is 374 g/mol. The lowest BCUT2D eigenvalue weighted by atomic mass is 9.98. The Morgan fingerprint density at radius 2 is 2.23 bits per heavy atom. The van der Waals surface area contributed by atoms with Gasteiger partial charge in [0.25, 0.3) is 0 Å². The second-order valence-electron chi connectivity index (χ2n) is 6.50. The first-order chi connectivity index (χ1) is 12.4. The number of carbonyl (C=O) groups is 2. The van der Waals surface area contributed by atoms with Crippen molar-refractivity contribution >= 4 is 28.3 Å². The molecule has 1 aromatic heterocycles. The fourth-order valence-electron chi connectivity index (χ4n) is 3.32. The molecule has 3 rings (SSSR count). The fourth-order valence-corrected chi connectivity index (χ4v) is 4.23. The van der Waals surface area contributed by atoms with Crippen LogP contribution in [-0.2, 0) is 22.4 Å². The van der Waals surface area contributed by atoms with Crippen molar-refractivity contribution in [2.45, 2.75) is 45.4 Å². The van der Waals surface area contributed by atoms with Gasteiger partial charge in [0.2, 0.25) is 5.91 Å². The molecule has 138 valence electrons. The number of benzene rings is 1. The van der Waals surface area contributed by atoms with Gasteiger partial charge >= 0.3 is 5.97 Å². The zero-order valence-electron chi connectivity index (χ0n) is 14.9. The van der Waals surface area contributed by atoms with E-state index >= 15 is 0 Å². The molecular formula is C19H22N2O4S. The minimum atomic E-state index is -0.750. The molecule has 6 nitrogen and oxygen atoms in total. The molecule has 7 heteroatoms. The van der Waals surface area contributed by atoms with Crippen LogP contribution in [-0.4, -0.2) is 28.6 Å². The summed E-state index contributed by atoms with van der Waals surface area (Å²) in [5.74, 6) is 0.0393. The van der Waals surface area contributed by atoms with Gasteiger partial charge in [-0.2, -0.15) is 0 Å². The van der Waals surface area contributed by atoms with Crippen molar-refractivity contribution in [1.82, 2.24) is 4.98 Å². The normalized spacial score (nSPS) is 15.5. The van der Waals surface area contributed by atoms with Crippen LogP contribution in [0.2, 0.25) is 0 Å². The summed E-state index contributed by atoms with van der Waals surface area (Å²) in [5, 5.41) is 12.3. The Kier molecular flexibility index (Phi) is 5.56. The molecule has 1 aliphatic rings. The molecule has 1 amide bonds. The Morgan fingerprint density at radius 1 is 1.42 bits per heavy atom. The Labute approximate surface area is 156 Å². The average molecular weight is 374 g/mol. The molecule has 0 spiro atoms. The van der Waals surface area contributed by atoms with Crippen LogP contribution in [0, 0.1) is 6.92 Å². The van der Waals surface area contributed by atoms with Gasteiger partial charge in [-0.3, -0.25) is 9.59 Å². The second-order valence-corrected chi connectivity index (χ2v) is 7.70. The summed E-state index contributed by atoms with van der Waals surface area (Å²) in [4.78, 5) is 27.5. The van der Waals surface area contributed by atoms with Crippen molar-refractivity contribution in [2.75, 3.05) is 11.9 Å². The minimum absolute atomic E-state index is 0.112. The van der Waals surface area contributed by atoms with Gasteiger partial charge in [-0.1, -0.05) is 6.07 Å². The highest BCUT2D eigenvalue weighted by Gasteiger charge is 2.24. The van der Waals surface area contributed by atoms with Crippen molar-refractivity contribution in [1.29, 1.82) is 0 Å². The number of nitrogens with zero attached hydrogens (tertiary/aromatic N) is 1. The highest BCUT2D eigenvalue weighted by atomic mass is 32.1. The number of anilines is 1. The molecule has 0 saturated heterocycles. The number of carboxylic acids is 1.